The van der Waals surface area contributed by atoms with Crippen LogP contribution in [0.4, 0.5) is 4.79 Å². The molecule has 2 aromatic rings. The molecule has 1 amide bonds. The van der Waals surface area contributed by atoms with E-state index in [2.05, 4.69) is 10.3 Å². The fraction of sp³-hybridized carbons (Fsp3) is 0.750. The van der Waals surface area contributed by atoms with Gasteiger partial charge < -0.3 is 19.8 Å². The van der Waals surface area contributed by atoms with Gasteiger partial charge in [-0.15, -0.1) is 0 Å². The molecule has 4 aliphatic rings. The normalized spacial score (nSPS) is 27.7. The van der Waals surface area contributed by atoms with E-state index in [-0.39, 0.29) is 41.0 Å². The van der Waals surface area contributed by atoms with Crippen LogP contribution in [0, 0.1) is 29.6 Å². The van der Waals surface area contributed by atoms with Crippen LogP contribution in [0.25, 0.3) is 11.2 Å². The van der Waals surface area contributed by atoms with Crippen molar-refractivity contribution in [3.05, 3.63) is 26.7 Å². The molecule has 4 saturated carbocycles. The van der Waals surface area contributed by atoms with Crippen molar-refractivity contribution in [2.24, 2.45) is 29.6 Å². The van der Waals surface area contributed by atoms with Crippen LogP contribution < -0.4 is 16.6 Å². The number of ether oxygens (including phenoxy) is 2. The number of aromatic amines is 1. The molecule has 2 N–H and O–H groups in total. The van der Waals surface area contributed by atoms with E-state index in [1.807, 2.05) is 27.7 Å². The van der Waals surface area contributed by atoms with Crippen molar-refractivity contribution in [3.8, 4) is 0 Å². The van der Waals surface area contributed by atoms with E-state index < -0.39 is 23.7 Å². The largest absolute Gasteiger partial charge is 0.460 e. The summed E-state index contributed by atoms with van der Waals surface area (Å²) in [5.74, 6) is 1.21. The molecule has 0 aromatic carbocycles. The quantitative estimate of drug-likeness (QED) is 0.464. The van der Waals surface area contributed by atoms with Crippen LogP contribution in [0.1, 0.15) is 79.5 Å². The van der Waals surface area contributed by atoms with Crippen molar-refractivity contribution < 1.29 is 19.1 Å². The number of imidazole rings is 1. The van der Waals surface area contributed by atoms with Gasteiger partial charge in [0.1, 0.15) is 29.1 Å². The van der Waals surface area contributed by atoms with Crippen LogP contribution >= 0.6 is 0 Å². The van der Waals surface area contributed by atoms with Gasteiger partial charge in [-0.1, -0.05) is 27.7 Å². The Hall–Kier alpha value is -3.11. The predicted octanol–water partition coefficient (Wildman–Crippen LogP) is 3.15. The molecule has 39 heavy (non-hydrogen) atoms. The van der Waals surface area contributed by atoms with Gasteiger partial charge in [-0.2, -0.15) is 0 Å². The van der Waals surface area contributed by atoms with Crippen molar-refractivity contribution in [3.63, 3.8) is 0 Å². The highest BCUT2D eigenvalue weighted by Gasteiger charge is 2.76. The predicted molar refractivity (Wildman–Crippen MR) is 144 cm³/mol. The SMILES string of the molecule is CCCn1c(=O)c2[nH]c(C3C4CC5C(C4OC(=O)C(NC(=O)OC(C)(C)C)C(C)C)C53)nc2n(CCC)c1=O. The van der Waals surface area contributed by atoms with Gasteiger partial charge in [-0.3, -0.25) is 13.9 Å². The number of rotatable bonds is 9. The average molecular weight is 544 g/mol. The van der Waals surface area contributed by atoms with Gasteiger partial charge in [0.25, 0.3) is 5.56 Å². The number of H-pyrrole nitrogens is 1. The third-order valence-electron chi connectivity index (χ3n) is 8.45. The number of carbonyl (C=O) groups excluding carboxylic acids is 2. The number of aryl methyl sites for hydroxylation is 1. The highest BCUT2D eigenvalue weighted by atomic mass is 16.6. The number of alkyl carbamates (subject to hydrolysis) is 1. The Balaban J connectivity index is 1.38. The highest BCUT2D eigenvalue weighted by Crippen LogP contribution is 2.76. The minimum Gasteiger partial charge on any atom is -0.460 e. The van der Waals surface area contributed by atoms with Crippen molar-refractivity contribution in [1.82, 2.24) is 24.4 Å². The molecule has 7 atom stereocenters. The summed E-state index contributed by atoms with van der Waals surface area (Å²) in [5, 5.41) is 2.69. The standard InChI is InChI=1S/C28H41N5O6/c1-8-10-32-23-20(24(34)33(11-9-2)27(32)37)29-22(31-23)18-15-12-14-16(18)17(14)21(15)38-25(35)19(13(3)4)30-26(36)39-28(5,6)7/h13-19,21H,8-12H2,1-7H3,(H,29,31)(H,30,36). The lowest BCUT2D eigenvalue weighted by molar-refractivity contribution is -0.155. The molecule has 11 heteroatoms. The van der Waals surface area contributed by atoms with Gasteiger partial charge in [0, 0.05) is 30.8 Å². The Morgan fingerprint density at radius 1 is 1.08 bits per heavy atom. The molecule has 7 unspecified atom stereocenters. The Morgan fingerprint density at radius 3 is 2.33 bits per heavy atom. The van der Waals surface area contributed by atoms with Crippen LogP contribution in [0.3, 0.4) is 0 Å². The lowest BCUT2D eigenvalue weighted by Crippen LogP contribution is -2.48. The molecular weight excluding hydrogens is 502 g/mol. The van der Waals surface area contributed by atoms with Gasteiger partial charge >= 0.3 is 17.8 Å². The molecular formula is C28H41N5O6. The zero-order valence-corrected chi connectivity index (χ0v) is 23.9. The molecule has 214 valence electrons. The molecule has 0 spiro atoms. The van der Waals surface area contributed by atoms with Crippen molar-refractivity contribution in [2.75, 3.05) is 0 Å². The third-order valence-corrected chi connectivity index (χ3v) is 8.45. The lowest BCUT2D eigenvalue weighted by Gasteiger charge is -2.27. The summed E-state index contributed by atoms with van der Waals surface area (Å²) in [4.78, 5) is 60.0. The lowest BCUT2D eigenvalue weighted by atomic mass is 9.96. The zero-order valence-electron chi connectivity index (χ0n) is 23.9. The molecule has 0 aliphatic heterocycles. The molecule has 2 aromatic heterocycles. The maximum atomic E-state index is 13.3. The number of hydrogen-bond donors (Lipinski definition) is 2. The van der Waals surface area contributed by atoms with Gasteiger partial charge in [-0.05, 0) is 57.8 Å². The maximum Gasteiger partial charge on any atom is 0.408 e. The molecule has 4 bridgehead atoms. The van der Waals surface area contributed by atoms with E-state index in [4.69, 9.17) is 14.5 Å². The minimum absolute atomic E-state index is 0.0331. The molecule has 0 radical (unpaired) electrons. The summed E-state index contributed by atoms with van der Waals surface area (Å²) >= 11 is 0. The van der Waals surface area contributed by atoms with Crippen molar-refractivity contribution in [1.29, 1.82) is 0 Å². The topological polar surface area (TPSA) is 137 Å². The first-order chi connectivity index (χ1) is 18.4. The van der Waals surface area contributed by atoms with Gasteiger partial charge in [0.2, 0.25) is 0 Å². The van der Waals surface area contributed by atoms with E-state index >= 15 is 0 Å². The van der Waals surface area contributed by atoms with Gasteiger partial charge in [-0.25, -0.2) is 19.4 Å². The van der Waals surface area contributed by atoms with Gasteiger partial charge in [0.15, 0.2) is 5.65 Å². The number of esters is 1. The molecule has 11 nitrogen and oxygen atoms in total. The first-order valence-corrected chi connectivity index (χ1v) is 14.3. The summed E-state index contributed by atoms with van der Waals surface area (Å²) in [6.45, 7) is 13.8. The maximum absolute atomic E-state index is 13.3. The summed E-state index contributed by atoms with van der Waals surface area (Å²) in [6.07, 6.45) is 1.44. The molecule has 4 aliphatic carbocycles. The van der Waals surface area contributed by atoms with Crippen LogP contribution in [0.5, 0.6) is 0 Å². The number of amides is 1. The fourth-order valence-corrected chi connectivity index (χ4v) is 6.96. The Bertz CT molecular complexity index is 1400. The number of nitrogens with zero attached hydrogens (tertiary/aromatic N) is 3. The molecule has 0 saturated heterocycles. The van der Waals surface area contributed by atoms with Crippen LogP contribution in [0.2, 0.25) is 0 Å². The highest BCUT2D eigenvalue weighted by molar-refractivity contribution is 5.82. The smallest absolute Gasteiger partial charge is 0.408 e. The zero-order chi connectivity index (χ0) is 28.4. The average Bonchev–Trinajstić information content (AvgIpc) is 3.24. The monoisotopic (exact) mass is 543 g/mol. The van der Waals surface area contributed by atoms with Crippen LogP contribution in [0.15, 0.2) is 9.59 Å². The van der Waals surface area contributed by atoms with E-state index in [1.54, 1.807) is 25.3 Å². The third kappa shape index (κ3) is 4.67. The number of hydrogen-bond acceptors (Lipinski definition) is 7. The minimum atomic E-state index is -0.819. The van der Waals surface area contributed by atoms with Crippen LogP contribution in [-0.2, 0) is 27.4 Å². The van der Waals surface area contributed by atoms with Crippen molar-refractivity contribution in [2.45, 2.75) is 104 Å². The second kappa shape index (κ2) is 9.82. The van der Waals surface area contributed by atoms with E-state index in [9.17, 15) is 19.2 Å². The van der Waals surface area contributed by atoms with Crippen molar-refractivity contribution >= 4 is 23.2 Å². The first kappa shape index (κ1) is 27.5. The Morgan fingerprint density at radius 2 is 1.74 bits per heavy atom. The second-order valence-electron chi connectivity index (χ2n) is 12.7. The number of aromatic nitrogens is 4. The molecule has 6 rings (SSSR count). The van der Waals surface area contributed by atoms with E-state index in [0.29, 0.717) is 48.3 Å². The summed E-state index contributed by atoms with van der Waals surface area (Å²) in [6, 6.07) is -0.819. The van der Waals surface area contributed by atoms with E-state index in [0.717, 1.165) is 12.8 Å². The van der Waals surface area contributed by atoms with Crippen LogP contribution in [-0.4, -0.2) is 48.9 Å². The number of carbonyl (C=O) groups is 2. The summed E-state index contributed by atoms with van der Waals surface area (Å²) in [7, 11) is 0. The number of nitrogens with one attached hydrogen (secondary N) is 2. The first-order valence-electron chi connectivity index (χ1n) is 14.3. The molecule has 2 heterocycles. The Labute approximate surface area is 227 Å². The summed E-state index contributed by atoms with van der Waals surface area (Å²) < 4.78 is 14.3. The fourth-order valence-electron chi connectivity index (χ4n) is 6.96. The van der Waals surface area contributed by atoms with E-state index in [1.165, 1.54) is 4.57 Å². The number of fused-ring (bicyclic) bond motifs is 1. The second-order valence-corrected chi connectivity index (χ2v) is 12.7. The summed E-state index contributed by atoms with van der Waals surface area (Å²) in [5.41, 5.74) is -0.561. The Kier molecular flexibility index (Phi) is 6.91. The molecule has 4 fully saturated rings. The van der Waals surface area contributed by atoms with Gasteiger partial charge in [0.05, 0.1) is 0 Å².